The molecule has 1 N–H and O–H groups in total. The Kier molecular flexibility index (Phi) is 9.57. The highest BCUT2D eigenvalue weighted by Gasteiger charge is 2.29. The van der Waals surface area contributed by atoms with E-state index in [1.165, 1.54) is 0 Å². The van der Waals surface area contributed by atoms with E-state index in [-0.39, 0.29) is 24.5 Å². The summed E-state index contributed by atoms with van der Waals surface area (Å²) in [5.41, 5.74) is 3.27. The van der Waals surface area contributed by atoms with E-state index in [9.17, 15) is 9.59 Å². The summed E-state index contributed by atoms with van der Waals surface area (Å²) in [5, 5.41) is 3.03. The molecule has 31 heavy (non-hydrogen) atoms. The topological polar surface area (TPSA) is 58.6 Å². The Morgan fingerprint density at radius 3 is 2.35 bits per heavy atom. The Morgan fingerprint density at radius 1 is 1.00 bits per heavy atom. The van der Waals surface area contributed by atoms with Gasteiger partial charge in [0.1, 0.15) is 11.8 Å². The van der Waals surface area contributed by atoms with Crippen molar-refractivity contribution in [2.75, 3.05) is 13.2 Å². The second-order valence-electron chi connectivity index (χ2n) is 8.05. The van der Waals surface area contributed by atoms with Gasteiger partial charge in [-0.25, -0.2) is 0 Å². The van der Waals surface area contributed by atoms with Gasteiger partial charge < -0.3 is 15.0 Å². The molecule has 0 saturated heterocycles. The van der Waals surface area contributed by atoms with Crippen molar-refractivity contribution in [1.29, 1.82) is 0 Å². The van der Waals surface area contributed by atoms with Crippen LogP contribution >= 0.6 is 0 Å². The lowest BCUT2D eigenvalue weighted by molar-refractivity contribution is -0.142. The molecule has 0 aliphatic rings. The normalized spacial score (nSPS) is 12.7. The molecule has 0 radical (unpaired) electrons. The molecule has 2 amide bonds. The standard InChI is InChI=1S/C26H36N2O3/c1-6-20(4)27-26(30)23(7-2)28(17-16-22-13-9-8-10-14-22)25(29)18-31-24-15-11-12-19(3)21(24)5/h8-15,20,23H,6-7,16-18H2,1-5H3,(H,27,30)/t20-,23-/m1/s1. The first-order chi connectivity index (χ1) is 14.9. The fourth-order valence-corrected chi connectivity index (χ4v) is 3.44. The van der Waals surface area contributed by atoms with E-state index in [1.807, 2.05) is 83.1 Å². The number of ether oxygens (including phenoxy) is 1. The SMILES string of the molecule is CC[C@@H](C)NC(=O)[C@@H](CC)N(CCc1ccccc1)C(=O)COc1cccc(C)c1C. The van der Waals surface area contributed by atoms with Crippen LogP contribution in [0.2, 0.25) is 0 Å². The number of benzene rings is 2. The number of amides is 2. The molecule has 2 aromatic rings. The zero-order chi connectivity index (χ0) is 22.8. The summed E-state index contributed by atoms with van der Waals surface area (Å²) < 4.78 is 5.87. The van der Waals surface area contributed by atoms with Crippen LogP contribution in [0.5, 0.6) is 5.75 Å². The molecule has 0 spiro atoms. The Balaban J connectivity index is 2.16. The molecular formula is C26H36N2O3. The minimum atomic E-state index is -0.521. The summed E-state index contributed by atoms with van der Waals surface area (Å²) in [5.74, 6) is 0.418. The molecule has 0 bridgehead atoms. The molecule has 0 aliphatic heterocycles. The Bertz CT molecular complexity index is 851. The van der Waals surface area contributed by atoms with Crippen LogP contribution in [0.3, 0.4) is 0 Å². The predicted molar refractivity (Wildman–Crippen MR) is 125 cm³/mol. The van der Waals surface area contributed by atoms with Gasteiger partial charge in [-0.1, -0.05) is 56.3 Å². The third kappa shape index (κ3) is 7.12. The molecular weight excluding hydrogens is 388 g/mol. The average molecular weight is 425 g/mol. The van der Waals surface area contributed by atoms with Crippen LogP contribution in [-0.4, -0.2) is 41.9 Å². The van der Waals surface area contributed by atoms with Crippen LogP contribution in [0.25, 0.3) is 0 Å². The molecule has 2 rings (SSSR count). The van der Waals surface area contributed by atoms with E-state index in [2.05, 4.69) is 5.32 Å². The number of nitrogens with zero attached hydrogens (tertiary/aromatic N) is 1. The monoisotopic (exact) mass is 424 g/mol. The zero-order valence-electron chi connectivity index (χ0n) is 19.5. The molecule has 168 valence electrons. The van der Waals surface area contributed by atoms with Crippen molar-refractivity contribution in [3.8, 4) is 5.75 Å². The Labute approximate surface area is 186 Å². The van der Waals surface area contributed by atoms with E-state index in [1.54, 1.807) is 4.90 Å². The highest BCUT2D eigenvalue weighted by atomic mass is 16.5. The van der Waals surface area contributed by atoms with E-state index in [4.69, 9.17) is 4.74 Å². The van der Waals surface area contributed by atoms with Gasteiger partial charge in [-0.05, 0) is 62.8 Å². The number of rotatable bonds is 11. The number of aryl methyl sites for hydroxylation is 1. The largest absolute Gasteiger partial charge is 0.483 e. The molecule has 0 fully saturated rings. The lowest BCUT2D eigenvalue weighted by Gasteiger charge is -2.31. The number of hydrogen-bond donors (Lipinski definition) is 1. The van der Waals surface area contributed by atoms with Crippen LogP contribution in [0.1, 0.15) is 50.3 Å². The van der Waals surface area contributed by atoms with Crippen LogP contribution < -0.4 is 10.1 Å². The fraction of sp³-hybridized carbons (Fsp3) is 0.462. The summed E-state index contributed by atoms with van der Waals surface area (Å²) in [6.45, 7) is 10.3. The van der Waals surface area contributed by atoms with Crippen molar-refractivity contribution in [3.63, 3.8) is 0 Å². The Hall–Kier alpha value is -2.82. The van der Waals surface area contributed by atoms with Gasteiger partial charge in [-0.15, -0.1) is 0 Å². The highest BCUT2D eigenvalue weighted by Crippen LogP contribution is 2.21. The fourth-order valence-electron chi connectivity index (χ4n) is 3.44. The zero-order valence-corrected chi connectivity index (χ0v) is 19.5. The van der Waals surface area contributed by atoms with E-state index < -0.39 is 6.04 Å². The predicted octanol–water partition coefficient (Wildman–Crippen LogP) is 4.45. The third-order valence-corrected chi connectivity index (χ3v) is 5.78. The number of nitrogens with one attached hydrogen (secondary N) is 1. The van der Waals surface area contributed by atoms with Crippen LogP contribution in [0.4, 0.5) is 0 Å². The molecule has 2 aromatic carbocycles. The molecule has 0 aromatic heterocycles. The molecule has 0 aliphatic carbocycles. The van der Waals surface area contributed by atoms with Crippen molar-refractivity contribution in [2.45, 2.75) is 66.0 Å². The summed E-state index contributed by atoms with van der Waals surface area (Å²) in [6, 6.07) is 15.4. The maximum Gasteiger partial charge on any atom is 0.261 e. The summed E-state index contributed by atoms with van der Waals surface area (Å²) in [4.78, 5) is 27.8. The summed E-state index contributed by atoms with van der Waals surface area (Å²) >= 11 is 0. The smallest absolute Gasteiger partial charge is 0.261 e. The average Bonchev–Trinajstić information content (AvgIpc) is 2.77. The van der Waals surface area contributed by atoms with Gasteiger partial charge in [-0.2, -0.15) is 0 Å². The van der Waals surface area contributed by atoms with Gasteiger partial charge in [0, 0.05) is 12.6 Å². The molecule has 0 unspecified atom stereocenters. The minimum Gasteiger partial charge on any atom is -0.483 e. The van der Waals surface area contributed by atoms with Gasteiger partial charge in [0.25, 0.3) is 5.91 Å². The molecule has 0 heterocycles. The lowest BCUT2D eigenvalue weighted by atomic mass is 10.1. The first kappa shape index (κ1) is 24.4. The minimum absolute atomic E-state index is 0.0684. The molecule has 2 atom stereocenters. The van der Waals surface area contributed by atoms with Crippen LogP contribution in [0.15, 0.2) is 48.5 Å². The van der Waals surface area contributed by atoms with Crippen molar-refractivity contribution >= 4 is 11.8 Å². The quantitative estimate of drug-likeness (QED) is 0.580. The van der Waals surface area contributed by atoms with E-state index in [0.29, 0.717) is 25.1 Å². The van der Waals surface area contributed by atoms with Gasteiger partial charge in [0.15, 0.2) is 6.61 Å². The van der Waals surface area contributed by atoms with Gasteiger partial charge in [0.2, 0.25) is 5.91 Å². The summed E-state index contributed by atoms with van der Waals surface area (Å²) in [6.07, 6.45) is 2.07. The van der Waals surface area contributed by atoms with Crippen molar-refractivity contribution in [1.82, 2.24) is 10.2 Å². The van der Waals surface area contributed by atoms with E-state index >= 15 is 0 Å². The number of carbonyl (C=O) groups is 2. The molecule has 0 saturated carbocycles. The van der Waals surface area contributed by atoms with Crippen LogP contribution in [-0.2, 0) is 16.0 Å². The molecule has 5 heteroatoms. The van der Waals surface area contributed by atoms with Crippen molar-refractivity contribution < 1.29 is 14.3 Å². The lowest BCUT2D eigenvalue weighted by Crippen LogP contribution is -2.52. The second-order valence-corrected chi connectivity index (χ2v) is 8.05. The second kappa shape index (κ2) is 12.1. The van der Waals surface area contributed by atoms with E-state index in [0.717, 1.165) is 23.1 Å². The van der Waals surface area contributed by atoms with Gasteiger partial charge in [-0.3, -0.25) is 9.59 Å². The van der Waals surface area contributed by atoms with Crippen molar-refractivity contribution in [2.24, 2.45) is 0 Å². The maximum absolute atomic E-state index is 13.2. The third-order valence-electron chi connectivity index (χ3n) is 5.78. The van der Waals surface area contributed by atoms with Crippen LogP contribution in [0, 0.1) is 13.8 Å². The Morgan fingerprint density at radius 2 is 1.71 bits per heavy atom. The first-order valence-electron chi connectivity index (χ1n) is 11.2. The molecule has 5 nitrogen and oxygen atoms in total. The number of carbonyl (C=O) groups excluding carboxylic acids is 2. The van der Waals surface area contributed by atoms with Gasteiger partial charge >= 0.3 is 0 Å². The first-order valence-corrected chi connectivity index (χ1v) is 11.2. The highest BCUT2D eigenvalue weighted by molar-refractivity contribution is 5.88. The van der Waals surface area contributed by atoms with Crippen molar-refractivity contribution in [3.05, 3.63) is 65.2 Å². The summed E-state index contributed by atoms with van der Waals surface area (Å²) in [7, 11) is 0. The maximum atomic E-state index is 13.2. The number of hydrogen-bond acceptors (Lipinski definition) is 3. The van der Waals surface area contributed by atoms with Gasteiger partial charge in [0.05, 0.1) is 0 Å².